The summed E-state index contributed by atoms with van der Waals surface area (Å²) in [6, 6.07) is 10.5. The van der Waals surface area contributed by atoms with E-state index in [1.165, 1.54) is 0 Å². The first kappa shape index (κ1) is 14.7. The van der Waals surface area contributed by atoms with Crippen LogP contribution in [0, 0.1) is 6.92 Å². The average molecular weight is 291 g/mol. The van der Waals surface area contributed by atoms with Crippen LogP contribution in [-0.2, 0) is 20.7 Å². The zero-order valence-electron chi connectivity index (χ0n) is 11.3. The first-order chi connectivity index (χ1) is 9.58. The van der Waals surface area contributed by atoms with Crippen molar-refractivity contribution in [2.75, 3.05) is 6.61 Å². The Morgan fingerprint density at radius 1 is 1.15 bits per heavy atom. The van der Waals surface area contributed by atoms with Gasteiger partial charge in [-0.1, -0.05) is 23.8 Å². The highest BCUT2D eigenvalue weighted by Gasteiger charge is 2.14. The molecule has 0 fully saturated rings. The lowest BCUT2D eigenvalue weighted by molar-refractivity contribution is 0.312. The number of aromatic nitrogens is 1. The number of aryl methyl sites for hydroxylation is 2. The fourth-order valence-electron chi connectivity index (χ4n) is 1.76. The van der Waals surface area contributed by atoms with Crippen LogP contribution in [0.2, 0.25) is 0 Å². The molecule has 0 radical (unpaired) electrons. The number of rotatable bonds is 6. The number of hydrogen-bond donors (Lipinski definition) is 0. The lowest BCUT2D eigenvalue weighted by Crippen LogP contribution is -2.08. The fourth-order valence-corrected chi connectivity index (χ4v) is 2.71. The Bertz CT molecular complexity index is 637. The zero-order valence-corrected chi connectivity index (χ0v) is 12.1. The number of nitrogens with zero attached hydrogens (tertiary/aromatic N) is 1. The molecule has 5 heteroatoms. The molecule has 0 spiro atoms. The topological polar surface area (TPSA) is 56.3 Å². The van der Waals surface area contributed by atoms with Crippen molar-refractivity contribution in [1.82, 2.24) is 4.98 Å². The molecule has 2 aromatic rings. The molecule has 0 saturated heterocycles. The summed E-state index contributed by atoms with van der Waals surface area (Å²) in [6.45, 7) is 2.08. The van der Waals surface area contributed by atoms with Crippen LogP contribution in [0.25, 0.3) is 0 Å². The van der Waals surface area contributed by atoms with E-state index in [-0.39, 0.29) is 11.5 Å². The van der Waals surface area contributed by atoms with E-state index in [4.69, 9.17) is 4.18 Å². The highest BCUT2D eigenvalue weighted by atomic mass is 32.2. The van der Waals surface area contributed by atoms with E-state index in [1.54, 1.807) is 36.7 Å². The van der Waals surface area contributed by atoms with Crippen LogP contribution < -0.4 is 0 Å². The van der Waals surface area contributed by atoms with Gasteiger partial charge in [0.05, 0.1) is 11.5 Å². The Kier molecular flexibility index (Phi) is 4.87. The molecule has 2 rings (SSSR count). The molecule has 0 unspecified atom stereocenters. The molecule has 1 heterocycles. The van der Waals surface area contributed by atoms with Gasteiger partial charge in [0.15, 0.2) is 0 Å². The van der Waals surface area contributed by atoms with E-state index >= 15 is 0 Å². The van der Waals surface area contributed by atoms with Crippen molar-refractivity contribution in [2.45, 2.75) is 24.7 Å². The van der Waals surface area contributed by atoms with E-state index < -0.39 is 10.1 Å². The van der Waals surface area contributed by atoms with Crippen LogP contribution in [0.3, 0.4) is 0 Å². The molecule has 4 nitrogen and oxygen atoms in total. The standard InChI is InChI=1S/C15H17NO3S/c1-13-6-8-15(9-7-13)20(17,18)19-11-3-5-14-4-2-10-16-12-14/h2,4,6-10,12H,3,5,11H2,1H3. The highest BCUT2D eigenvalue weighted by Crippen LogP contribution is 2.13. The van der Waals surface area contributed by atoms with E-state index in [0.29, 0.717) is 6.42 Å². The van der Waals surface area contributed by atoms with Crippen molar-refractivity contribution in [2.24, 2.45) is 0 Å². The van der Waals surface area contributed by atoms with Gasteiger partial charge in [-0.15, -0.1) is 0 Å². The van der Waals surface area contributed by atoms with Crippen LogP contribution in [0.1, 0.15) is 17.5 Å². The Labute approximate surface area is 119 Å². The SMILES string of the molecule is Cc1ccc(S(=O)(=O)OCCCc2cccnc2)cc1. The molecule has 0 N–H and O–H groups in total. The largest absolute Gasteiger partial charge is 0.296 e. The Morgan fingerprint density at radius 3 is 2.55 bits per heavy atom. The van der Waals surface area contributed by atoms with Crippen molar-refractivity contribution in [3.63, 3.8) is 0 Å². The zero-order chi connectivity index (χ0) is 14.4. The van der Waals surface area contributed by atoms with E-state index in [0.717, 1.165) is 17.5 Å². The summed E-state index contributed by atoms with van der Waals surface area (Å²) >= 11 is 0. The van der Waals surface area contributed by atoms with Gasteiger partial charge in [0.2, 0.25) is 0 Å². The highest BCUT2D eigenvalue weighted by molar-refractivity contribution is 7.86. The van der Waals surface area contributed by atoms with Crippen molar-refractivity contribution in [3.8, 4) is 0 Å². The predicted molar refractivity (Wildman–Crippen MR) is 76.9 cm³/mol. The summed E-state index contributed by atoms with van der Waals surface area (Å²) in [7, 11) is -3.65. The van der Waals surface area contributed by atoms with Gasteiger partial charge in [0.25, 0.3) is 10.1 Å². The molecule has 0 aliphatic rings. The molecule has 0 amide bonds. The van der Waals surface area contributed by atoms with E-state index in [2.05, 4.69) is 4.98 Å². The number of hydrogen-bond acceptors (Lipinski definition) is 4. The van der Waals surface area contributed by atoms with Crippen molar-refractivity contribution in [3.05, 3.63) is 59.9 Å². The monoisotopic (exact) mass is 291 g/mol. The number of pyridine rings is 1. The maximum absolute atomic E-state index is 11.9. The first-order valence-corrected chi connectivity index (χ1v) is 7.84. The van der Waals surface area contributed by atoms with Gasteiger partial charge >= 0.3 is 0 Å². The Balaban J connectivity index is 1.85. The van der Waals surface area contributed by atoms with Crippen LogP contribution in [0.4, 0.5) is 0 Å². The van der Waals surface area contributed by atoms with Crippen molar-refractivity contribution < 1.29 is 12.6 Å². The average Bonchev–Trinajstić information content (AvgIpc) is 2.45. The van der Waals surface area contributed by atoms with Gasteiger partial charge < -0.3 is 0 Å². The van der Waals surface area contributed by atoms with E-state index in [9.17, 15) is 8.42 Å². The van der Waals surface area contributed by atoms with Crippen LogP contribution in [0.15, 0.2) is 53.7 Å². The third kappa shape index (κ3) is 4.15. The van der Waals surface area contributed by atoms with Crippen molar-refractivity contribution >= 4 is 10.1 Å². The second-order valence-electron chi connectivity index (χ2n) is 4.55. The summed E-state index contributed by atoms with van der Waals surface area (Å²) in [5.41, 5.74) is 2.09. The molecular formula is C15H17NO3S. The lowest BCUT2D eigenvalue weighted by atomic mass is 10.2. The summed E-state index contributed by atoms with van der Waals surface area (Å²) in [4.78, 5) is 4.21. The normalized spacial score (nSPS) is 11.4. The predicted octanol–water partition coefficient (Wildman–Crippen LogP) is 2.73. The molecule has 0 saturated carbocycles. The van der Waals surface area contributed by atoms with Gasteiger partial charge in [-0.05, 0) is 43.5 Å². The Hall–Kier alpha value is -1.72. The minimum Gasteiger partial charge on any atom is -0.266 e. The quantitative estimate of drug-likeness (QED) is 0.606. The Morgan fingerprint density at radius 2 is 1.90 bits per heavy atom. The molecule has 0 aliphatic carbocycles. The van der Waals surface area contributed by atoms with E-state index in [1.807, 2.05) is 19.1 Å². The molecule has 1 aromatic heterocycles. The van der Waals surface area contributed by atoms with Crippen LogP contribution >= 0.6 is 0 Å². The third-order valence-corrected chi connectivity index (χ3v) is 4.21. The fraction of sp³-hybridized carbons (Fsp3) is 0.267. The van der Waals surface area contributed by atoms with Crippen LogP contribution in [-0.4, -0.2) is 20.0 Å². The third-order valence-electron chi connectivity index (χ3n) is 2.88. The summed E-state index contributed by atoms with van der Waals surface area (Å²) < 4.78 is 28.9. The van der Waals surface area contributed by atoms with Gasteiger partial charge in [-0.2, -0.15) is 8.42 Å². The molecule has 20 heavy (non-hydrogen) atoms. The van der Waals surface area contributed by atoms with Gasteiger partial charge in [-0.25, -0.2) is 0 Å². The lowest BCUT2D eigenvalue weighted by Gasteiger charge is -2.06. The summed E-state index contributed by atoms with van der Waals surface area (Å²) in [5, 5.41) is 0. The number of benzene rings is 1. The summed E-state index contributed by atoms with van der Waals surface area (Å²) in [5.74, 6) is 0. The molecule has 106 valence electrons. The van der Waals surface area contributed by atoms with Gasteiger partial charge in [0.1, 0.15) is 0 Å². The first-order valence-electron chi connectivity index (χ1n) is 6.43. The smallest absolute Gasteiger partial charge is 0.266 e. The minimum absolute atomic E-state index is 0.172. The van der Waals surface area contributed by atoms with Crippen molar-refractivity contribution in [1.29, 1.82) is 0 Å². The summed E-state index contributed by atoms with van der Waals surface area (Å²) in [6.07, 6.45) is 4.87. The van der Waals surface area contributed by atoms with Gasteiger partial charge in [0, 0.05) is 12.4 Å². The molecular weight excluding hydrogens is 274 g/mol. The van der Waals surface area contributed by atoms with Gasteiger partial charge in [-0.3, -0.25) is 9.17 Å². The second kappa shape index (κ2) is 6.63. The minimum atomic E-state index is -3.65. The van der Waals surface area contributed by atoms with Crippen LogP contribution in [0.5, 0.6) is 0 Å². The maximum atomic E-state index is 11.9. The molecule has 1 aromatic carbocycles. The molecule has 0 bridgehead atoms. The maximum Gasteiger partial charge on any atom is 0.296 e. The molecule has 0 aliphatic heterocycles. The second-order valence-corrected chi connectivity index (χ2v) is 6.17. The molecule has 0 atom stereocenters.